The summed E-state index contributed by atoms with van der Waals surface area (Å²) in [4.78, 5) is 14.5. The van der Waals surface area contributed by atoms with Crippen molar-refractivity contribution < 1.29 is 14.3 Å². The van der Waals surface area contributed by atoms with Crippen molar-refractivity contribution >= 4 is 35.1 Å². The summed E-state index contributed by atoms with van der Waals surface area (Å²) in [5, 5.41) is 2.76. The molecule has 0 radical (unpaired) electrons. The average molecular weight is 364 g/mol. The number of ether oxygens (including phenoxy) is 2. The summed E-state index contributed by atoms with van der Waals surface area (Å²) in [5.41, 5.74) is 0.842. The second-order valence-corrected chi connectivity index (χ2v) is 7.23. The first-order chi connectivity index (χ1) is 11.6. The molecule has 0 saturated carbocycles. The second-order valence-electron chi connectivity index (χ2n) is 4.97. The fraction of sp³-hybridized carbons (Fsp3) is 0.278. The van der Waals surface area contributed by atoms with E-state index in [0.717, 1.165) is 15.5 Å². The molecule has 2 rings (SSSR count). The van der Waals surface area contributed by atoms with Crippen molar-refractivity contribution in [2.24, 2.45) is 0 Å². The van der Waals surface area contributed by atoms with Crippen LogP contribution in [0.2, 0.25) is 0 Å². The average Bonchev–Trinajstić information content (AvgIpc) is 2.61. The fourth-order valence-electron chi connectivity index (χ4n) is 2.13. The molecule has 4 nitrogen and oxygen atoms in total. The highest BCUT2D eigenvalue weighted by atomic mass is 32.2. The first-order valence-electron chi connectivity index (χ1n) is 7.41. The van der Waals surface area contributed by atoms with Gasteiger partial charge in [-0.3, -0.25) is 4.79 Å². The van der Waals surface area contributed by atoms with Gasteiger partial charge in [0.15, 0.2) is 11.5 Å². The van der Waals surface area contributed by atoms with E-state index in [-0.39, 0.29) is 11.2 Å². The maximum absolute atomic E-state index is 12.5. The molecule has 128 valence electrons. The van der Waals surface area contributed by atoms with Gasteiger partial charge in [0, 0.05) is 9.79 Å². The molecule has 0 aromatic heterocycles. The van der Waals surface area contributed by atoms with E-state index in [9.17, 15) is 4.79 Å². The molecule has 0 saturated heterocycles. The summed E-state index contributed by atoms with van der Waals surface area (Å²) in [6.45, 7) is 1.89. The maximum atomic E-state index is 12.5. The fourth-order valence-corrected chi connectivity index (χ4v) is 3.58. The second kappa shape index (κ2) is 8.89. The van der Waals surface area contributed by atoms with Crippen molar-refractivity contribution in [3.8, 4) is 11.5 Å². The van der Waals surface area contributed by atoms with Crippen LogP contribution in [0.25, 0.3) is 0 Å². The number of anilines is 1. The monoisotopic (exact) mass is 363 g/mol. The largest absolute Gasteiger partial charge is 0.493 e. The standard InChI is InChI=1S/C18H21NO3S2/c1-12(18(20)19-14-7-5-6-8-17(14)23-4)24-13-9-10-15(21-2)16(11-13)22-3/h5-12H,1-4H3,(H,19,20)/t12-/m0/s1. The van der Waals surface area contributed by atoms with Crippen molar-refractivity contribution in [2.75, 3.05) is 25.8 Å². The lowest BCUT2D eigenvalue weighted by Crippen LogP contribution is -2.22. The number of para-hydroxylation sites is 1. The SMILES string of the molecule is COc1ccc(S[C@@H](C)C(=O)Nc2ccccc2SC)cc1OC. The Bertz CT molecular complexity index is 706. The lowest BCUT2D eigenvalue weighted by Gasteiger charge is -2.15. The van der Waals surface area contributed by atoms with Crippen molar-refractivity contribution in [3.05, 3.63) is 42.5 Å². The third-order valence-corrected chi connectivity index (χ3v) is 5.29. The summed E-state index contributed by atoms with van der Waals surface area (Å²) in [6, 6.07) is 13.4. The molecule has 0 heterocycles. The molecule has 2 aromatic carbocycles. The smallest absolute Gasteiger partial charge is 0.237 e. The molecule has 0 fully saturated rings. The maximum Gasteiger partial charge on any atom is 0.237 e. The zero-order valence-corrected chi connectivity index (χ0v) is 15.8. The van der Waals surface area contributed by atoms with Crippen LogP contribution in [0.5, 0.6) is 11.5 Å². The van der Waals surface area contributed by atoms with E-state index < -0.39 is 0 Å². The summed E-state index contributed by atoms with van der Waals surface area (Å²) >= 11 is 3.09. The number of carbonyl (C=O) groups is 1. The number of hydrogen-bond acceptors (Lipinski definition) is 5. The Balaban J connectivity index is 2.06. The van der Waals surface area contributed by atoms with Crippen molar-refractivity contribution in [2.45, 2.75) is 22.0 Å². The number of rotatable bonds is 7. The molecule has 1 atom stereocenters. The molecule has 0 aliphatic carbocycles. The Hall–Kier alpha value is -1.79. The molecule has 0 unspecified atom stereocenters. The van der Waals surface area contributed by atoms with Gasteiger partial charge in [-0.1, -0.05) is 12.1 Å². The molecule has 2 aromatic rings. The number of thioether (sulfide) groups is 2. The molecule has 0 aliphatic rings. The number of benzene rings is 2. The van der Waals surface area contributed by atoms with E-state index in [1.165, 1.54) is 11.8 Å². The van der Waals surface area contributed by atoms with Crippen molar-refractivity contribution in [1.29, 1.82) is 0 Å². The molecule has 1 amide bonds. The number of methoxy groups -OCH3 is 2. The predicted octanol–water partition coefficient (Wildman–Crippen LogP) is 4.55. The van der Waals surface area contributed by atoms with E-state index in [1.54, 1.807) is 26.0 Å². The molecule has 1 N–H and O–H groups in total. The molecule has 0 bridgehead atoms. The summed E-state index contributed by atoms with van der Waals surface area (Å²) in [7, 11) is 3.20. The van der Waals surface area contributed by atoms with Crippen molar-refractivity contribution in [1.82, 2.24) is 0 Å². The molecule has 6 heteroatoms. The Kier molecular flexibility index (Phi) is 6.87. The summed E-state index contributed by atoms with van der Waals surface area (Å²) < 4.78 is 10.5. The van der Waals surface area contributed by atoms with Crippen LogP contribution in [-0.4, -0.2) is 31.6 Å². The zero-order chi connectivity index (χ0) is 17.5. The van der Waals surface area contributed by atoms with Crippen LogP contribution in [0.1, 0.15) is 6.92 Å². The van der Waals surface area contributed by atoms with E-state index in [2.05, 4.69) is 5.32 Å². The van der Waals surface area contributed by atoms with Gasteiger partial charge in [0.05, 0.1) is 25.2 Å². The third-order valence-electron chi connectivity index (χ3n) is 3.40. The van der Waals surface area contributed by atoms with E-state index in [1.807, 2.05) is 55.6 Å². The van der Waals surface area contributed by atoms with Crippen LogP contribution in [0, 0.1) is 0 Å². The van der Waals surface area contributed by atoms with Gasteiger partial charge in [0.2, 0.25) is 5.91 Å². The Morgan fingerprint density at radius 1 is 1.08 bits per heavy atom. The topological polar surface area (TPSA) is 47.6 Å². The van der Waals surface area contributed by atoms with Gasteiger partial charge in [-0.25, -0.2) is 0 Å². The number of hydrogen-bond donors (Lipinski definition) is 1. The Morgan fingerprint density at radius 2 is 1.79 bits per heavy atom. The van der Waals surface area contributed by atoms with E-state index in [4.69, 9.17) is 9.47 Å². The van der Waals surface area contributed by atoms with Crippen LogP contribution < -0.4 is 14.8 Å². The minimum atomic E-state index is -0.238. The minimum Gasteiger partial charge on any atom is -0.493 e. The Morgan fingerprint density at radius 3 is 2.46 bits per heavy atom. The van der Waals surface area contributed by atoms with Gasteiger partial charge in [-0.2, -0.15) is 0 Å². The first-order valence-corrected chi connectivity index (χ1v) is 9.52. The zero-order valence-electron chi connectivity index (χ0n) is 14.2. The van der Waals surface area contributed by atoms with Crippen molar-refractivity contribution in [3.63, 3.8) is 0 Å². The number of nitrogens with one attached hydrogen (secondary N) is 1. The third kappa shape index (κ3) is 4.61. The quantitative estimate of drug-likeness (QED) is 0.732. The molecular formula is C18H21NO3S2. The number of carbonyl (C=O) groups excluding carboxylic acids is 1. The minimum absolute atomic E-state index is 0.0312. The predicted molar refractivity (Wildman–Crippen MR) is 102 cm³/mol. The molecular weight excluding hydrogens is 342 g/mol. The van der Waals surface area contributed by atoms with Gasteiger partial charge in [-0.15, -0.1) is 23.5 Å². The van der Waals surface area contributed by atoms with Gasteiger partial charge in [-0.05, 0) is 43.5 Å². The molecule has 0 spiro atoms. The lowest BCUT2D eigenvalue weighted by atomic mass is 10.3. The van der Waals surface area contributed by atoms with Gasteiger partial charge < -0.3 is 14.8 Å². The van der Waals surface area contributed by atoms with E-state index in [0.29, 0.717) is 11.5 Å². The highest BCUT2D eigenvalue weighted by Gasteiger charge is 2.17. The highest BCUT2D eigenvalue weighted by molar-refractivity contribution is 8.00. The normalized spacial score (nSPS) is 11.7. The van der Waals surface area contributed by atoms with Crippen LogP contribution in [0.4, 0.5) is 5.69 Å². The lowest BCUT2D eigenvalue weighted by molar-refractivity contribution is -0.115. The summed E-state index contributed by atoms with van der Waals surface area (Å²) in [5.74, 6) is 1.30. The van der Waals surface area contributed by atoms with E-state index >= 15 is 0 Å². The van der Waals surface area contributed by atoms with Crippen LogP contribution >= 0.6 is 23.5 Å². The first kappa shape index (κ1) is 18.5. The Labute approximate surface area is 151 Å². The van der Waals surface area contributed by atoms with Gasteiger partial charge >= 0.3 is 0 Å². The van der Waals surface area contributed by atoms with Gasteiger partial charge in [0.25, 0.3) is 0 Å². The number of amides is 1. The molecule has 24 heavy (non-hydrogen) atoms. The van der Waals surface area contributed by atoms with Crippen LogP contribution in [-0.2, 0) is 4.79 Å². The molecule has 0 aliphatic heterocycles. The van der Waals surface area contributed by atoms with Gasteiger partial charge in [0.1, 0.15) is 0 Å². The van der Waals surface area contributed by atoms with Crippen LogP contribution in [0.15, 0.2) is 52.3 Å². The highest BCUT2D eigenvalue weighted by Crippen LogP contribution is 2.34. The van der Waals surface area contributed by atoms with Crippen LogP contribution in [0.3, 0.4) is 0 Å². The summed E-state index contributed by atoms with van der Waals surface area (Å²) in [6.07, 6.45) is 1.99.